The maximum absolute atomic E-state index is 5.61. The molecule has 3 nitrogen and oxygen atoms in total. The quantitative estimate of drug-likeness (QED) is 0.738. The molecule has 3 fully saturated rings. The Morgan fingerprint density at radius 1 is 1.06 bits per heavy atom. The van der Waals surface area contributed by atoms with Crippen molar-refractivity contribution in [2.24, 2.45) is 5.92 Å². The molecule has 3 heteroatoms. The molecule has 0 aromatic rings. The van der Waals surface area contributed by atoms with Crippen molar-refractivity contribution in [3.8, 4) is 0 Å². The molecule has 0 spiro atoms. The van der Waals surface area contributed by atoms with Gasteiger partial charge in [-0.2, -0.15) is 0 Å². The topological polar surface area (TPSA) is 21.7 Å². The van der Waals surface area contributed by atoms with Crippen molar-refractivity contribution >= 4 is 0 Å². The molecule has 0 amide bonds. The number of ether oxygens (including phenoxy) is 2. The fraction of sp³-hybridized carbons (Fsp3) is 1.00. The molecule has 3 rings (SSSR count). The molecule has 0 aromatic carbocycles. The second-order valence-corrected chi connectivity index (χ2v) is 5.92. The Morgan fingerprint density at radius 3 is 2.71 bits per heavy atom. The fourth-order valence-corrected chi connectivity index (χ4v) is 3.88. The molecular weight excluding hydrogens is 214 g/mol. The van der Waals surface area contributed by atoms with Crippen molar-refractivity contribution in [3.63, 3.8) is 0 Å². The van der Waals surface area contributed by atoms with Crippen molar-refractivity contribution in [1.29, 1.82) is 0 Å². The summed E-state index contributed by atoms with van der Waals surface area (Å²) < 4.78 is 11.2. The molecule has 17 heavy (non-hydrogen) atoms. The summed E-state index contributed by atoms with van der Waals surface area (Å²) in [5.41, 5.74) is 0. The summed E-state index contributed by atoms with van der Waals surface area (Å²) in [6, 6.07) is 1.54. The smallest absolute Gasteiger partial charge is 0.159 e. The van der Waals surface area contributed by atoms with Gasteiger partial charge < -0.3 is 9.47 Å². The predicted molar refractivity (Wildman–Crippen MR) is 66.8 cm³/mol. The standard InChI is InChI=1S/C14H25NO2/c1-11-5-6-12(10-14-16-8-9-17-14)15-7-3-2-4-13(11)15/h11-14H,2-10H2,1H3/t11-,12+,13+/m1/s1. The molecule has 98 valence electrons. The van der Waals surface area contributed by atoms with Crippen molar-refractivity contribution in [3.05, 3.63) is 0 Å². The number of fused-ring (bicyclic) bond motifs is 1. The first-order valence-electron chi connectivity index (χ1n) is 7.33. The highest BCUT2D eigenvalue weighted by Crippen LogP contribution is 2.36. The third kappa shape index (κ3) is 2.51. The van der Waals surface area contributed by atoms with Gasteiger partial charge in [0.2, 0.25) is 0 Å². The third-order valence-electron chi connectivity index (χ3n) is 4.83. The van der Waals surface area contributed by atoms with Gasteiger partial charge in [-0.25, -0.2) is 0 Å². The summed E-state index contributed by atoms with van der Waals surface area (Å²) in [4.78, 5) is 2.77. The summed E-state index contributed by atoms with van der Waals surface area (Å²) in [5, 5.41) is 0. The van der Waals surface area contributed by atoms with Gasteiger partial charge in [0.05, 0.1) is 13.2 Å². The zero-order valence-electron chi connectivity index (χ0n) is 10.9. The Balaban J connectivity index is 1.62. The molecule has 0 N–H and O–H groups in total. The Labute approximate surface area is 104 Å². The normalized spacial score (nSPS) is 40.4. The molecule has 0 aliphatic carbocycles. The number of nitrogens with zero attached hydrogens (tertiary/aromatic N) is 1. The molecule has 3 atom stereocenters. The lowest BCUT2D eigenvalue weighted by Gasteiger charge is -2.48. The molecule has 3 aliphatic heterocycles. The molecule has 3 heterocycles. The zero-order chi connectivity index (χ0) is 11.7. The van der Waals surface area contributed by atoms with Crippen LogP contribution in [0.3, 0.4) is 0 Å². The SMILES string of the molecule is C[C@@H]1CC[C@@H](CC2OCCO2)N2CCCC[C@@H]12. The van der Waals surface area contributed by atoms with E-state index in [0.717, 1.165) is 31.6 Å². The Kier molecular flexibility index (Phi) is 3.69. The minimum absolute atomic E-state index is 0.0796. The Bertz CT molecular complexity index is 253. The van der Waals surface area contributed by atoms with Crippen LogP contribution in [0, 0.1) is 5.92 Å². The maximum atomic E-state index is 5.61. The van der Waals surface area contributed by atoms with E-state index in [0.29, 0.717) is 6.04 Å². The summed E-state index contributed by atoms with van der Waals surface area (Å²) in [6.07, 6.45) is 8.10. The lowest BCUT2D eigenvalue weighted by atomic mass is 9.81. The van der Waals surface area contributed by atoms with Crippen LogP contribution in [0.4, 0.5) is 0 Å². The number of hydrogen-bond acceptors (Lipinski definition) is 3. The second-order valence-electron chi connectivity index (χ2n) is 5.92. The van der Waals surface area contributed by atoms with Gasteiger partial charge in [0, 0.05) is 18.5 Å². The molecule has 3 aliphatic rings. The van der Waals surface area contributed by atoms with Crippen molar-refractivity contribution in [2.45, 2.75) is 63.8 Å². The van der Waals surface area contributed by atoms with E-state index >= 15 is 0 Å². The van der Waals surface area contributed by atoms with Crippen LogP contribution in [-0.4, -0.2) is 43.0 Å². The lowest BCUT2D eigenvalue weighted by Crippen LogP contribution is -2.53. The molecule has 3 saturated heterocycles. The first-order valence-corrected chi connectivity index (χ1v) is 7.33. The van der Waals surface area contributed by atoms with E-state index < -0.39 is 0 Å². The van der Waals surface area contributed by atoms with Crippen LogP contribution < -0.4 is 0 Å². The van der Waals surface area contributed by atoms with E-state index in [9.17, 15) is 0 Å². The predicted octanol–water partition coefficient (Wildman–Crippen LogP) is 2.40. The summed E-state index contributed by atoms with van der Waals surface area (Å²) in [6.45, 7) is 5.31. The summed E-state index contributed by atoms with van der Waals surface area (Å²) >= 11 is 0. The average Bonchev–Trinajstić information content (AvgIpc) is 2.86. The summed E-state index contributed by atoms with van der Waals surface area (Å²) in [5.74, 6) is 0.886. The minimum atomic E-state index is 0.0796. The van der Waals surface area contributed by atoms with Crippen LogP contribution in [0.5, 0.6) is 0 Å². The van der Waals surface area contributed by atoms with Crippen molar-refractivity contribution in [2.75, 3.05) is 19.8 Å². The molecular formula is C14H25NO2. The monoisotopic (exact) mass is 239 g/mol. The van der Waals surface area contributed by atoms with Gasteiger partial charge in [-0.3, -0.25) is 4.90 Å². The Morgan fingerprint density at radius 2 is 1.88 bits per heavy atom. The first kappa shape index (κ1) is 11.9. The van der Waals surface area contributed by atoms with Gasteiger partial charge in [0.1, 0.15) is 0 Å². The highest BCUT2D eigenvalue weighted by atomic mass is 16.7. The zero-order valence-corrected chi connectivity index (χ0v) is 10.9. The summed E-state index contributed by atoms with van der Waals surface area (Å²) in [7, 11) is 0. The van der Waals surface area contributed by atoms with Gasteiger partial charge in [0.25, 0.3) is 0 Å². The van der Waals surface area contributed by atoms with Gasteiger partial charge >= 0.3 is 0 Å². The molecule has 0 aromatic heterocycles. The van der Waals surface area contributed by atoms with E-state index in [4.69, 9.17) is 9.47 Å². The highest BCUT2D eigenvalue weighted by Gasteiger charge is 2.37. The first-order chi connectivity index (χ1) is 8.34. The van der Waals surface area contributed by atoms with Crippen molar-refractivity contribution in [1.82, 2.24) is 4.90 Å². The van der Waals surface area contributed by atoms with Gasteiger partial charge in [-0.05, 0) is 38.1 Å². The number of piperidine rings is 2. The van der Waals surface area contributed by atoms with E-state index in [1.807, 2.05) is 0 Å². The van der Waals surface area contributed by atoms with E-state index in [1.54, 1.807) is 0 Å². The van der Waals surface area contributed by atoms with Crippen LogP contribution in [0.2, 0.25) is 0 Å². The minimum Gasteiger partial charge on any atom is -0.350 e. The van der Waals surface area contributed by atoms with Gasteiger partial charge in [0.15, 0.2) is 6.29 Å². The largest absolute Gasteiger partial charge is 0.350 e. The Hall–Kier alpha value is -0.120. The number of rotatable bonds is 2. The molecule has 0 unspecified atom stereocenters. The molecule has 0 saturated carbocycles. The van der Waals surface area contributed by atoms with E-state index in [-0.39, 0.29) is 6.29 Å². The fourth-order valence-electron chi connectivity index (χ4n) is 3.88. The van der Waals surface area contributed by atoms with Crippen LogP contribution >= 0.6 is 0 Å². The van der Waals surface area contributed by atoms with E-state index in [2.05, 4.69) is 11.8 Å². The van der Waals surface area contributed by atoms with Crippen LogP contribution in [0.25, 0.3) is 0 Å². The highest BCUT2D eigenvalue weighted by molar-refractivity contribution is 4.91. The van der Waals surface area contributed by atoms with Crippen molar-refractivity contribution < 1.29 is 9.47 Å². The second kappa shape index (κ2) is 5.25. The third-order valence-corrected chi connectivity index (χ3v) is 4.83. The van der Waals surface area contributed by atoms with Gasteiger partial charge in [-0.1, -0.05) is 13.3 Å². The average molecular weight is 239 g/mol. The van der Waals surface area contributed by atoms with Crippen LogP contribution in [-0.2, 0) is 9.47 Å². The van der Waals surface area contributed by atoms with Crippen LogP contribution in [0.1, 0.15) is 45.4 Å². The molecule has 0 bridgehead atoms. The lowest BCUT2D eigenvalue weighted by molar-refractivity contribution is -0.0816. The van der Waals surface area contributed by atoms with Gasteiger partial charge in [-0.15, -0.1) is 0 Å². The van der Waals surface area contributed by atoms with E-state index in [1.165, 1.54) is 38.6 Å². The van der Waals surface area contributed by atoms with Crippen LogP contribution in [0.15, 0.2) is 0 Å². The number of hydrogen-bond donors (Lipinski definition) is 0. The molecule has 0 radical (unpaired) electrons. The maximum Gasteiger partial charge on any atom is 0.159 e.